The third-order valence-electron chi connectivity index (χ3n) is 2.88. The Hall–Kier alpha value is 0.240. The monoisotopic (exact) mass is 491 g/mol. The second-order valence-electron chi connectivity index (χ2n) is 4.25. The Morgan fingerprint density at radius 2 is 2.22 bits per heavy atom. The number of aliphatic imine (C=N–C) groups is 1. The minimum absolute atomic E-state index is 0. The first-order valence-corrected chi connectivity index (χ1v) is 7.00. The molecule has 1 aliphatic carbocycles. The molecule has 100 valence electrons. The van der Waals surface area contributed by atoms with E-state index in [4.69, 9.17) is 17.3 Å². The highest BCUT2D eigenvalue weighted by atomic mass is 127. The van der Waals surface area contributed by atoms with Gasteiger partial charge in [0.25, 0.3) is 0 Å². The molecular formula is C12H16ClI2N3. The minimum Gasteiger partial charge on any atom is -0.370 e. The second-order valence-corrected chi connectivity index (χ2v) is 5.91. The Morgan fingerprint density at radius 1 is 1.56 bits per heavy atom. The summed E-state index contributed by atoms with van der Waals surface area (Å²) in [6.45, 7) is 0.540. The number of hydrogen-bond acceptors (Lipinski definition) is 1. The third-order valence-corrected chi connectivity index (χ3v) is 3.91. The van der Waals surface area contributed by atoms with Gasteiger partial charge in [-0.05, 0) is 53.1 Å². The van der Waals surface area contributed by atoms with Gasteiger partial charge < -0.3 is 10.6 Å². The largest absolute Gasteiger partial charge is 0.370 e. The van der Waals surface area contributed by atoms with Crippen molar-refractivity contribution in [3.8, 4) is 0 Å². The van der Waals surface area contributed by atoms with E-state index < -0.39 is 0 Å². The molecule has 0 spiro atoms. The average Bonchev–Trinajstić information content (AvgIpc) is 3.10. The number of benzene rings is 1. The summed E-state index contributed by atoms with van der Waals surface area (Å²) < 4.78 is 1.13. The Bertz CT molecular complexity index is 447. The fourth-order valence-corrected chi connectivity index (χ4v) is 2.49. The van der Waals surface area contributed by atoms with Crippen molar-refractivity contribution in [2.45, 2.75) is 25.4 Å². The lowest BCUT2D eigenvalue weighted by Gasteiger charge is -2.16. The molecule has 0 saturated heterocycles. The van der Waals surface area contributed by atoms with Crippen molar-refractivity contribution < 1.29 is 0 Å². The molecule has 1 aromatic carbocycles. The van der Waals surface area contributed by atoms with Crippen molar-refractivity contribution in [3.63, 3.8) is 0 Å². The SMILES string of the molecule is CN(C(N)=NCc1ccc(I)cc1Cl)C1CC1.I. The molecule has 0 unspecified atom stereocenters. The third kappa shape index (κ3) is 4.41. The molecule has 6 heteroatoms. The Labute approximate surface area is 143 Å². The number of hydrogen-bond donors (Lipinski definition) is 1. The zero-order valence-electron chi connectivity index (χ0n) is 10.1. The molecule has 0 bridgehead atoms. The molecule has 0 aromatic heterocycles. The summed E-state index contributed by atoms with van der Waals surface area (Å²) in [4.78, 5) is 6.42. The fourth-order valence-electron chi connectivity index (χ4n) is 1.58. The smallest absolute Gasteiger partial charge is 0.191 e. The Kier molecular flexibility index (Phi) is 6.46. The zero-order valence-corrected chi connectivity index (χ0v) is 15.3. The molecule has 2 N–H and O–H groups in total. The van der Waals surface area contributed by atoms with E-state index in [9.17, 15) is 0 Å². The highest BCUT2D eigenvalue weighted by molar-refractivity contribution is 14.1. The molecule has 0 atom stereocenters. The van der Waals surface area contributed by atoms with Crippen LogP contribution < -0.4 is 5.73 Å². The minimum atomic E-state index is 0. The molecule has 1 saturated carbocycles. The Balaban J connectivity index is 0.00000162. The Morgan fingerprint density at radius 3 is 2.78 bits per heavy atom. The highest BCUT2D eigenvalue weighted by Crippen LogP contribution is 2.25. The van der Waals surface area contributed by atoms with Crippen LogP contribution in [0.1, 0.15) is 18.4 Å². The van der Waals surface area contributed by atoms with Crippen LogP contribution in [0.15, 0.2) is 23.2 Å². The van der Waals surface area contributed by atoms with E-state index in [0.29, 0.717) is 18.5 Å². The number of guanidine groups is 1. The standard InChI is InChI=1S/C12H15ClIN3.HI/c1-17(10-4-5-10)12(15)16-7-8-2-3-9(14)6-11(8)13;/h2-3,6,10H,4-5,7H2,1H3,(H2,15,16);1H. The van der Waals surface area contributed by atoms with Gasteiger partial charge in [-0.2, -0.15) is 0 Å². The van der Waals surface area contributed by atoms with Crippen molar-refractivity contribution in [2.24, 2.45) is 10.7 Å². The molecular weight excluding hydrogens is 475 g/mol. The topological polar surface area (TPSA) is 41.6 Å². The average molecular weight is 492 g/mol. The molecule has 1 aliphatic rings. The summed E-state index contributed by atoms with van der Waals surface area (Å²) in [5.74, 6) is 0.599. The van der Waals surface area contributed by atoms with Crippen LogP contribution in [-0.4, -0.2) is 23.9 Å². The lowest BCUT2D eigenvalue weighted by atomic mass is 10.2. The maximum Gasteiger partial charge on any atom is 0.191 e. The number of nitrogens with two attached hydrogens (primary N) is 1. The molecule has 0 amide bonds. The highest BCUT2D eigenvalue weighted by Gasteiger charge is 2.27. The van der Waals surface area contributed by atoms with Crippen molar-refractivity contribution in [1.29, 1.82) is 0 Å². The summed E-state index contributed by atoms with van der Waals surface area (Å²) in [5, 5.41) is 0.752. The van der Waals surface area contributed by atoms with Crippen LogP contribution in [0.3, 0.4) is 0 Å². The molecule has 0 heterocycles. The molecule has 3 nitrogen and oxygen atoms in total. The zero-order chi connectivity index (χ0) is 12.4. The van der Waals surface area contributed by atoms with Crippen LogP contribution in [0, 0.1) is 3.57 Å². The van der Waals surface area contributed by atoms with E-state index in [-0.39, 0.29) is 24.0 Å². The maximum atomic E-state index is 6.14. The van der Waals surface area contributed by atoms with E-state index in [0.717, 1.165) is 14.2 Å². The van der Waals surface area contributed by atoms with Gasteiger partial charge >= 0.3 is 0 Å². The molecule has 1 aromatic rings. The van der Waals surface area contributed by atoms with Gasteiger partial charge in [0.2, 0.25) is 0 Å². The molecule has 18 heavy (non-hydrogen) atoms. The van der Waals surface area contributed by atoms with Gasteiger partial charge in [0, 0.05) is 21.7 Å². The van der Waals surface area contributed by atoms with Gasteiger partial charge in [-0.25, -0.2) is 4.99 Å². The van der Waals surface area contributed by atoms with Crippen LogP contribution >= 0.6 is 58.2 Å². The summed E-state index contributed by atoms with van der Waals surface area (Å²) in [5.41, 5.74) is 6.93. The van der Waals surface area contributed by atoms with E-state index in [2.05, 4.69) is 27.6 Å². The lowest BCUT2D eigenvalue weighted by molar-refractivity contribution is 0.487. The van der Waals surface area contributed by atoms with Gasteiger partial charge in [-0.3, -0.25) is 0 Å². The number of nitrogens with zero attached hydrogens (tertiary/aromatic N) is 2. The molecule has 1 fully saturated rings. The summed E-state index contributed by atoms with van der Waals surface area (Å²) in [6.07, 6.45) is 2.44. The lowest BCUT2D eigenvalue weighted by Crippen LogP contribution is -2.35. The van der Waals surface area contributed by atoms with Gasteiger partial charge in [-0.15, -0.1) is 24.0 Å². The van der Waals surface area contributed by atoms with Crippen LogP contribution in [0.25, 0.3) is 0 Å². The van der Waals surface area contributed by atoms with Crippen molar-refractivity contribution in [1.82, 2.24) is 4.90 Å². The maximum absolute atomic E-state index is 6.14. The summed E-state index contributed by atoms with van der Waals surface area (Å²) >= 11 is 8.38. The first-order valence-electron chi connectivity index (χ1n) is 5.54. The van der Waals surface area contributed by atoms with Crippen molar-refractivity contribution in [2.75, 3.05) is 7.05 Å². The number of halogens is 3. The quantitative estimate of drug-likeness (QED) is 0.400. The van der Waals surface area contributed by atoms with Crippen molar-refractivity contribution >= 4 is 64.1 Å². The molecule has 2 rings (SSSR count). The number of rotatable bonds is 3. The molecule has 0 aliphatic heterocycles. The first kappa shape index (κ1) is 16.3. The second kappa shape index (κ2) is 7.14. The van der Waals surface area contributed by atoms with Crippen molar-refractivity contribution in [3.05, 3.63) is 32.4 Å². The van der Waals surface area contributed by atoms with Gasteiger partial charge in [0.1, 0.15) is 0 Å². The van der Waals surface area contributed by atoms with E-state index in [1.165, 1.54) is 12.8 Å². The van der Waals surface area contributed by atoms with Gasteiger partial charge in [0.15, 0.2) is 5.96 Å². The van der Waals surface area contributed by atoms with Crippen LogP contribution in [-0.2, 0) is 6.54 Å². The first-order chi connectivity index (χ1) is 8.08. The molecule has 0 radical (unpaired) electrons. The van der Waals surface area contributed by atoms with E-state index in [1.54, 1.807) is 0 Å². The fraction of sp³-hybridized carbons (Fsp3) is 0.417. The van der Waals surface area contributed by atoms with E-state index >= 15 is 0 Å². The van der Waals surface area contributed by atoms with Gasteiger partial charge in [0.05, 0.1) is 6.54 Å². The van der Waals surface area contributed by atoms with Gasteiger partial charge in [-0.1, -0.05) is 17.7 Å². The van der Waals surface area contributed by atoms with Crippen LogP contribution in [0.5, 0.6) is 0 Å². The predicted octanol–water partition coefficient (Wildman–Crippen LogP) is 3.47. The van der Waals surface area contributed by atoms with E-state index in [1.807, 2.05) is 30.1 Å². The normalized spacial score (nSPS) is 15.2. The van der Waals surface area contributed by atoms with Crippen LogP contribution in [0.2, 0.25) is 5.02 Å². The van der Waals surface area contributed by atoms with Crippen LogP contribution in [0.4, 0.5) is 0 Å². The summed E-state index contributed by atoms with van der Waals surface area (Å²) in [7, 11) is 1.99. The summed E-state index contributed by atoms with van der Waals surface area (Å²) in [6, 6.07) is 6.55. The predicted molar refractivity (Wildman–Crippen MR) is 95.7 cm³/mol.